The highest BCUT2D eigenvalue weighted by atomic mass is 32.2. The number of benzene rings is 2. The molecule has 1 fully saturated rings. The number of nitrogens with zero attached hydrogens (tertiary/aromatic N) is 1. The van der Waals surface area contributed by atoms with E-state index in [-0.39, 0.29) is 16.8 Å². The number of anilines is 1. The average molecular weight is 372 g/mol. The van der Waals surface area contributed by atoms with Gasteiger partial charge in [0, 0.05) is 24.7 Å². The summed E-state index contributed by atoms with van der Waals surface area (Å²) >= 11 is 0. The molecular weight excluding hydrogens is 348 g/mol. The van der Waals surface area contributed by atoms with E-state index in [1.165, 1.54) is 5.56 Å². The zero-order valence-electron chi connectivity index (χ0n) is 14.9. The Kier molecular flexibility index (Phi) is 5.74. The van der Waals surface area contributed by atoms with Gasteiger partial charge < -0.3 is 4.90 Å². The summed E-state index contributed by atoms with van der Waals surface area (Å²) in [5.41, 5.74) is 1.95. The quantitative estimate of drug-likeness (QED) is 0.812. The molecule has 26 heavy (non-hydrogen) atoms. The SMILES string of the molecule is C[C@@H](CCc1ccccc1)NS(=O)(=O)c1ccc(N2CCCC2=O)cc1. The first-order chi connectivity index (χ1) is 12.5. The Labute approximate surface area is 155 Å². The van der Waals surface area contributed by atoms with Crippen molar-refractivity contribution in [1.29, 1.82) is 0 Å². The van der Waals surface area contributed by atoms with E-state index in [4.69, 9.17) is 0 Å². The van der Waals surface area contributed by atoms with Crippen molar-refractivity contribution in [2.24, 2.45) is 0 Å². The third-order valence-corrected chi connectivity index (χ3v) is 6.20. The van der Waals surface area contributed by atoms with Crippen LogP contribution in [0.5, 0.6) is 0 Å². The molecule has 1 amide bonds. The van der Waals surface area contributed by atoms with Crippen molar-refractivity contribution < 1.29 is 13.2 Å². The molecule has 1 aliphatic heterocycles. The number of carbonyl (C=O) groups is 1. The van der Waals surface area contributed by atoms with Crippen molar-refractivity contribution in [2.45, 2.75) is 43.5 Å². The van der Waals surface area contributed by atoms with Crippen molar-refractivity contribution in [2.75, 3.05) is 11.4 Å². The molecule has 1 saturated heterocycles. The molecule has 3 rings (SSSR count). The van der Waals surface area contributed by atoms with E-state index in [0.717, 1.165) is 24.9 Å². The van der Waals surface area contributed by atoms with Crippen LogP contribution in [0.2, 0.25) is 0 Å². The predicted molar refractivity (Wildman–Crippen MR) is 103 cm³/mol. The number of hydrogen-bond acceptors (Lipinski definition) is 3. The van der Waals surface area contributed by atoms with Crippen LogP contribution in [0.4, 0.5) is 5.69 Å². The van der Waals surface area contributed by atoms with Crippen LogP contribution in [0.25, 0.3) is 0 Å². The molecule has 0 unspecified atom stereocenters. The van der Waals surface area contributed by atoms with Crippen LogP contribution in [0.1, 0.15) is 31.7 Å². The molecule has 2 aromatic carbocycles. The van der Waals surface area contributed by atoms with Gasteiger partial charge in [0.25, 0.3) is 0 Å². The van der Waals surface area contributed by atoms with Crippen molar-refractivity contribution >= 4 is 21.6 Å². The first-order valence-electron chi connectivity index (χ1n) is 8.92. The monoisotopic (exact) mass is 372 g/mol. The van der Waals surface area contributed by atoms with Crippen LogP contribution in [0, 0.1) is 0 Å². The molecular formula is C20H24N2O3S. The predicted octanol–water partition coefficient (Wildman–Crippen LogP) is 3.11. The van der Waals surface area contributed by atoms with Gasteiger partial charge in [-0.1, -0.05) is 30.3 Å². The molecule has 1 aliphatic rings. The van der Waals surface area contributed by atoms with Crippen molar-refractivity contribution in [1.82, 2.24) is 4.72 Å². The van der Waals surface area contributed by atoms with Gasteiger partial charge in [0.1, 0.15) is 0 Å². The molecule has 0 aliphatic carbocycles. The Morgan fingerprint density at radius 1 is 1.08 bits per heavy atom. The maximum atomic E-state index is 12.6. The fourth-order valence-corrected chi connectivity index (χ4v) is 4.42. The van der Waals surface area contributed by atoms with Crippen LogP contribution in [0.3, 0.4) is 0 Å². The number of rotatable bonds is 7. The van der Waals surface area contributed by atoms with Crippen molar-refractivity contribution in [3.05, 3.63) is 60.2 Å². The van der Waals surface area contributed by atoms with Gasteiger partial charge in [0.15, 0.2) is 0 Å². The Morgan fingerprint density at radius 2 is 1.77 bits per heavy atom. The summed E-state index contributed by atoms with van der Waals surface area (Å²) in [4.78, 5) is 13.7. The Balaban J connectivity index is 1.61. The van der Waals surface area contributed by atoms with Crippen molar-refractivity contribution in [3.63, 3.8) is 0 Å². The van der Waals surface area contributed by atoms with Gasteiger partial charge in [-0.2, -0.15) is 0 Å². The Bertz CT molecular complexity index is 848. The van der Waals surface area contributed by atoms with Crippen LogP contribution < -0.4 is 9.62 Å². The molecule has 138 valence electrons. The minimum atomic E-state index is -3.57. The number of nitrogens with one attached hydrogen (secondary N) is 1. The van der Waals surface area contributed by atoms with Gasteiger partial charge in [0.05, 0.1) is 4.90 Å². The molecule has 5 nitrogen and oxygen atoms in total. The van der Waals surface area contributed by atoms with Crippen LogP contribution >= 0.6 is 0 Å². The van der Waals surface area contributed by atoms with Gasteiger partial charge in [-0.05, 0) is 56.0 Å². The summed E-state index contributed by atoms with van der Waals surface area (Å²) < 4.78 is 27.9. The highest BCUT2D eigenvalue weighted by molar-refractivity contribution is 7.89. The van der Waals surface area contributed by atoms with E-state index >= 15 is 0 Å². The number of sulfonamides is 1. The Morgan fingerprint density at radius 3 is 2.38 bits per heavy atom. The zero-order valence-corrected chi connectivity index (χ0v) is 15.7. The van der Waals surface area contributed by atoms with Crippen LogP contribution in [-0.2, 0) is 21.2 Å². The maximum absolute atomic E-state index is 12.6. The lowest BCUT2D eigenvalue weighted by molar-refractivity contribution is -0.117. The highest BCUT2D eigenvalue weighted by Crippen LogP contribution is 2.23. The standard InChI is InChI=1S/C20H24N2O3S/c1-16(9-10-17-6-3-2-4-7-17)21-26(24,25)19-13-11-18(12-14-19)22-15-5-8-20(22)23/h2-4,6-7,11-14,16,21H,5,8-10,15H2,1H3/t16-/m0/s1. The van der Waals surface area contributed by atoms with E-state index < -0.39 is 10.0 Å². The maximum Gasteiger partial charge on any atom is 0.240 e. The molecule has 0 radical (unpaired) electrons. The lowest BCUT2D eigenvalue weighted by Gasteiger charge is -2.17. The van der Waals surface area contributed by atoms with E-state index in [2.05, 4.69) is 4.72 Å². The summed E-state index contributed by atoms with van der Waals surface area (Å²) in [5, 5.41) is 0. The molecule has 6 heteroatoms. The Hall–Kier alpha value is -2.18. The van der Waals surface area contributed by atoms with E-state index in [1.54, 1.807) is 29.2 Å². The third-order valence-electron chi connectivity index (χ3n) is 4.60. The molecule has 1 heterocycles. The second-order valence-electron chi connectivity index (χ2n) is 6.69. The van der Waals surface area contributed by atoms with Gasteiger partial charge >= 0.3 is 0 Å². The van der Waals surface area contributed by atoms with Gasteiger partial charge in [-0.25, -0.2) is 13.1 Å². The van der Waals surface area contributed by atoms with E-state index in [1.807, 2.05) is 37.3 Å². The summed E-state index contributed by atoms with van der Waals surface area (Å²) in [6.45, 7) is 2.57. The average Bonchev–Trinajstić information content (AvgIpc) is 3.07. The first kappa shape index (κ1) is 18.6. The normalized spacial score (nSPS) is 16.0. The lowest BCUT2D eigenvalue weighted by Crippen LogP contribution is -2.33. The summed E-state index contributed by atoms with van der Waals surface area (Å²) in [6, 6.07) is 16.4. The first-order valence-corrected chi connectivity index (χ1v) is 10.4. The summed E-state index contributed by atoms with van der Waals surface area (Å²) in [7, 11) is -3.57. The largest absolute Gasteiger partial charge is 0.312 e. The fraction of sp³-hybridized carbons (Fsp3) is 0.350. The number of hydrogen-bond donors (Lipinski definition) is 1. The van der Waals surface area contributed by atoms with Gasteiger partial charge in [0.2, 0.25) is 15.9 Å². The number of carbonyl (C=O) groups excluding carboxylic acids is 1. The fourth-order valence-electron chi connectivity index (χ4n) is 3.15. The molecule has 0 spiro atoms. The minimum Gasteiger partial charge on any atom is -0.312 e. The molecule has 1 atom stereocenters. The third kappa shape index (κ3) is 4.51. The molecule has 2 aromatic rings. The second kappa shape index (κ2) is 8.01. The van der Waals surface area contributed by atoms with Crippen LogP contribution in [0.15, 0.2) is 59.5 Å². The smallest absolute Gasteiger partial charge is 0.240 e. The molecule has 0 bridgehead atoms. The molecule has 0 aromatic heterocycles. The van der Waals surface area contributed by atoms with Crippen LogP contribution in [-0.4, -0.2) is 26.9 Å². The highest BCUT2D eigenvalue weighted by Gasteiger charge is 2.23. The minimum absolute atomic E-state index is 0.0910. The topological polar surface area (TPSA) is 66.5 Å². The lowest BCUT2D eigenvalue weighted by atomic mass is 10.1. The summed E-state index contributed by atoms with van der Waals surface area (Å²) in [5.74, 6) is 0.0910. The molecule has 1 N–H and O–H groups in total. The summed E-state index contributed by atoms with van der Waals surface area (Å²) in [6.07, 6.45) is 2.95. The number of aryl methyl sites for hydroxylation is 1. The van der Waals surface area contributed by atoms with E-state index in [0.29, 0.717) is 13.0 Å². The second-order valence-corrected chi connectivity index (χ2v) is 8.40. The van der Waals surface area contributed by atoms with Gasteiger partial charge in [-0.15, -0.1) is 0 Å². The van der Waals surface area contributed by atoms with Gasteiger partial charge in [-0.3, -0.25) is 4.79 Å². The molecule has 0 saturated carbocycles. The van der Waals surface area contributed by atoms with E-state index in [9.17, 15) is 13.2 Å². The number of amides is 1. The van der Waals surface area contributed by atoms with Crippen molar-refractivity contribution in [3.8, 4) is 0 Å². The zero-order chi connectivity index (χ0) is 18.6.